The van der Waals surface area contributed by atoms with Crippen LogP contribution in [0.5, 0.6) is 0 Å². The lowest BCUT2D eigenvalue weighted by Crippen LogP contribution is -2.38. The molecule has 1 aromatic rings. The van der Waals surface area contributed by atoms with Crippen LogP contribution in [0, 0.1) is 5.41 Å². The molecule has 0 bridgehead atoms. The van der Waals surface area contributed by atoms with Crippen LogP contribution in [0.25, 0.3) is 0 Å². The zero-order valence-corrected chi connectivity index (χ0v) is 15.4. The second-order valence-corrected chi connectivity index (χ2v) is 5.82. The maximum Gasteiger partial charge on any atom is 0.191 e. The maximum absolute atomic E-state index is 4.19. The summed E-state index contributed by atoms with van der Waals surface area (Å²) in [5.41, 5.74) is 0.386. The third-order valence-corrected chi connectivity index (χ3v) is 2.84. The van der Waals surface area contributed by atoms with Gasteiger partial charge in [0.1, 0.15) is 12.2 Å². The first-order valence-electron chi connectivity index (χ1n) is 6.70. The lowest BCUT2D eigenvalue weighted by molar-refractivity contribution is 0.365. The van der Waals surface area contributed by atoms with Gasteiger partial charge >= 0.3 is 0 Å². The van der Waals surface area contributed by atoms with Crippen molar-refractivity contribution in [2.75, 3.05) is 13.6 Å². The molecule has 0 atom stereocenters. The standard InChI is InChI=1S/C13H26N6.HI/c1-13(2,3)7-6-8-15-12(14-4)16-9-11-17-10-18-19(11)5;/h10H,6-9H2,1-5H3,(H2,14,15,16);1H. The van der Waals surface area contributed by atoms with E-state index in [4.69, 9.17) is 0 Å². The summed E-state index contributed by atoms with van der Waals surface area (Å²) in [6.45, 7) is 8.32. The van der Waals surface area contributed by atoms with Crippen LogP contribution >= 0.6 is 24.0 Å². The molecule has 7 heteroatoms. The van der Waals surface area contributed by atoms with E-state index >= 15 is 0 Å². The molecule has 0 saturated carbocycles. The number of nitrogens with zero attached hydrogens (tertiary/aromatic N) is 4. The Labute approximate surface area is 138 Å². The Morgan fingerprint density at radius 1 is 1.35 bits per heavy atom. The highest BCUT2D eigenvalue weighted by atomic mass is 127. The first-order chi connectivity index (χ1) is 8.92. The van der Waals surface area contributed by atoms with E-state index in [1.807, 2.05) is 7.05 Å². The summed E-state index contributed by atoms with van der Waals surface area (Å²) in [5, 5.41) is 10.6. The molecule has 0 aromatic carbocycles. The summed E-state index contributed by atoms with van der Waals surface area (Å²) in [6.07, 6.45) is 3.88. The maximum atomic E-state index is 4.19. The Morgan fingerprint density at radius 3 is 2.55 bits per heavy atom. The Bertz CT molecular complexity index is 407. The minimum Gasteiger partial charge on any atom is -0.356 e. The Hall–Kier alpha value is -0.860. The summed E-state index contributed by atoms with van der Waals surface area (Å²) in [6, 6.07) is 0. The molecule has 0 aliphatic heterocycles. The number of aryl methyl sites for hydroxylation is 1. The normalized spacial score (nSPS) is 11.9. The highest BCUT2D eigenvalue weighted by molar-refractivity contribution is 14.0. The number of aliphatic imine (C=N–C) groups is 1. The molecule has 0 aliphatic rings. The second kappa shape index (κ2) is 9.15. The Kier molecular flexibility index (Phi) is 8.75. The third-order valence-electron chi connectivity index (χ3n) is 2.84. The Morgan fingerprint density at radius 2 is 2.05 bits per heavy atom. The van der Waals surface area contributed by atoms with Gasteiger partial charge in [0.05, 0.1) is 6.54 Å². The molecule has 0 spiro atoms. The van der Waals surface area contributed by atoms with Gasteiger partial charge in [-0.2, -0.15) is 5.10 Å². The first kappa shape index (κ1) is 19.1. The predicted octanol–water partition coefficient (Wildman–Crippen LogP) is 1.92. The topological polar surface area (TPSA) is 67.1 Å². The quantitative estimate of drug-likeness (QED) is 0.347. The molecule has 1 aromatic heterocycles. The SMILES string of the molecule is CN=C(NCCCC(C)(C)C)NCc1ncnn1C.I. The van der Waals surface area contributed by atoms with E-state index in [1.165, 1.54) is 6.42 Å². The van der Waals surface area contributed by atoms with Gasteiger partial charge in [-0.25, -0.2) is 4.98 Å². The minimum absolute atomic E-state index is 0. The van der Waals surface area contributed by atoms with E-state index in [-0.39, 0.29) is 24.0 Å². The summed E-state index contributed by atoms with van der Waals surface area (Å²) in [5.74, 6) is 1.69. The van der Waals surface area contributed by atoms with Gasteiger partial charge < -0.3 is 10.6 Å². The fourth-order valence-electron chi connectivity index (χ4n) is 1.69. The van der Waals surface area contributed by atoms with Gasteiger partial charge in [-0.15, -0.1) is 24.0 Å². The fourth-order valence-corrected chi connectivity index (χ4v) is 1.69. The second-order valence-electron chi connectivity index (χ2n) is 5.82. The molecule has 0 fully saturated rings. The number of rotatable bonds is 5. The van der Waals surface area contributed by atoms with Crippen molar-refractivity contribution in [1.82, 2.24) is 25.4 Å². The number of hydrogen-bond donors (Lipinski definition) is 2. The van der Waals surface area contributed by atoms with Crippen LogP contribution < -0.4 is 10.6 Å². The van der Waals surface area contributed by atoms with Crippen LogP contribution in [0.15, 0.2) is 11.3 Å². The molecule has 0 amide bonds. The number of guanidine groups is 1. The van der Waals surface area contributed by atoms with Crippen molar-refractivity contribution >= 4 is 29.9 Å². The van der Waals surface area contributed by atoms with Crippen molar-refractivity contribution in [1.29, 1.82) is 0 Å². The highest BCUT2D eigenvalue weighted by Crippen LogP contribution is 2.19. The van der Waals surface area contributed by atoms with Crippen LogP contribution in [0.1, 0.15) is 39.4 Å². The van der Waals surface area contributed by atoms with Crippen LogP contribution in [-0.4, -0.2) is 34.3 Å². The lowest BCUT2D eigenvalue weighted by atomic mass is 9.91. The van der Waals surface area contributed by atoms with Crippen LogP contribution in [-0.2, 0) is 13.6 Å². The molecule has 6 nitrogen and oxygen atoms in total. The summed E-state index contributed by atoms with van der Waals surface area (Å²) in [4.78, 5) is 8.35. The van der Waals surface area contributed by atoms with Crippen LogP contribution in [0.4, 0.5) is 0 Å². The number of aromatic nitrogens is 3. The van der Waals surface area contributed by atoms with Gasteiger partial charge in [0.25, 0.3) is 0 Å². The molecular formula is C13H27IN6. The highest BCUT2D eigenvalue weighted by Gasteiger charge is 2.09. The molecule has 2 N–H and O–H groups in total. The van der Waals surface area contributed by atoms with E-state index in [1.54, 1.807) is 18.1 Å². The van der Waals surface area contributed by atoms with E-state index in [0.29, 0.717) is 12.0 Å². The average Bonchev–Trinajstić information content (AvgIpc) is 2.73. The van der Waals surface area contributed by atoms with Crippen LogP contribution in [0.3, 0.4) is 0 Å². The zero-order chi connectivity index (χ0) is 14.3. The van der Waals surface area contributed by atoms with Gasteiger partial charge in [-0.3, -0.25) is 9.67 Å². The molecular weight excluding hydrogens is 367 g/mol. The zero-order valence-electron chi connectivity index (χ0n) is 13.1. The smallest absolute Gasteiger partial charge is 0.191 e. The Balaban J connectivity index is 0.00000361. The molecule has 20 heavy (non-hydrogen) atoms. The number of halogens is 1. The molecule has 0 radical (unpaired) electrons. The third kappa shape index (κ3) is 7.66. The van der Waals surface area contributed by atoms with Crippen LogP contribution in [0.2, 0.25) is 0 Å². The van der Waals surface area contributed by atoms with Crippen molar-refractivity contribution in [3.05, 3.63) is 12.2 Å². The van der Waals surface area contributed by atoms with Gasteiger partial charge in [-0.1, -0.05) is 20.8 Å². The minimum atomic E-state index is 0. The van der Waals surface area contributed by atoms with Crippen molar-refractivity contribution in [2.24, 2.45) is 17.5 Å². The number of hydrogen-bond acceptors (Lipinski definition) is 3. The predicted molar refractivity (Wildman–Crippen MR) is 93.3 cm³/mol. The molecule has 0 saturated heterocycles. The van der Waals surface area contributed by atoms with E-state index < -0.39 is 0 Å². The van der Waals surface area contributed by atoms with Gasteiger partial charge in [0.15, 0.2) is 5.96 Å². The number of nitrogens with one attached hydrogen (secondary N) is 2. The molecule has 0 unspecified atom stereocenters. The van der Waals surface area contributed by atoms with E-state index in [2.05, 4.69) is 46.5 Å². The van der Waals surface area contributed by atoms with Gasteiger partial charge in [0, 0.05) is 20.6 Å². The summed E-state index contributed by atoms with van der Waals surface area (Å²) < 4.78 is 1.75. The van der Waals surface area contributed by atoms with E-state index in [9.17, 15) is 0 Å². The lowest BCUT2D eigenvalue weighted by Gasteiger charge is -2.18. The fraction of sp³-hybridized carbons (Fsp3) is 0.769. The molecule has 1 heterocycles. The van der Waals surface area contributed by atoms with Gasteiger partial charge in [0.2, 0.25) is 0 Å². The summed E-state index contributed by atoms with van der Waals surface area (Å²) >= 11 is 0. The first-order valence-corrected chi connectivity index (χ1v) is 6.70. The van der Waals surface area contributed by atoms with Crippen molar-refractivity contribution < 1.29 is 0 Å². The van der Waals surface area contributed by atoms with E-state index in [0.717, 1.165) is 24.7 Å². The largest absolute Gasteiger partial charge is 0.356 e. The molecule has 116 valence electrons. The van der Waals surface area contributed by atoms with Crippen molar-refractivity contribution in [3.8, 4) is 0 Å². The molecule has 0 aliphatic carbocycles. The average molecular weight is 394 g/mol. The van der Waals surface area contributed by atoms with Crippen molar-refractivity contribution in [2.45, 2.75) is 40.2 Å². The summed E-state index contributed by atoms with van der Waals surface area (Å²) in [7, 11) is 3.65. The monoisotopic (exact) mass is 394 g/mol. The molecule has 1 rings (SSSR count). The van der Waals surface area contributed by atoms with Crippen molar-refractivity contribution in [3.63, 3.8) is 0 Å². The van der Waals surface area contributed by atoms with Gasteiger partial charge in [-0.05, 0) is 18.3 Å².